The summed E-state index contributed by atoms with van der Waals surface area (Å²) in [4.78, 5) is 4.42. The number of rotatable bonds is 4. The zero-order chi connectivity index (χ0) is 14.5. The number of phenolic OH excluding ortho intramolecular Hbond substituents is 2. The Morgan fingerprint density at radius 1 is 1.35 bits per heavy atom. The molecule has 108 valence electrons. The van der Waals surface area contributed by atoms with Gasteiger partial charge in [-0.1, -0.05) is 11.8 Å². The molecule has 0 bridgehead atoms. The largest absolute Gasteiger partial charge is 0.508 e. The van der Waals surface area contributed by atoms with Gasteiger partial charge in [-0.3, -0.25) is 15.8 Å². The number of nitrogens with zero attached hydrogens (tertiary/aromatic N) is 1. The summed E-state index contributed by atoms with van der Waals surface area (Å²) in [7, 11) is 1.64. The van der Waals surface area contributed by atoms with Gasteiger partial charge in [-0.15, -0.1) is 0 Å². The average molecular weight is 295 g/mol. The Morgan fingerprint density at radius 3 is 2.75 bits per heavy atom. The lowest BCUT2D eigenvalue weighted by Gasteiger charge is -2.20. The molecule has 0 aromatic heterocycles. The fraction of sp³-hybridized carbons (Fsp3) is 0.308. The van der Waals surface area contributed by atoms with E-state index in [1.807, 2.05) is 12.3 Å². The van der Waals surface area contributed by atoms with Crippen molar-refractivity contribution < 1.29 is 14.9 Å². The summed E-state index contributed by atoms with van der Waals surface area (Å²) in [5.41, 5.74) is 7.25. The van der Waals surface area contributed by atoms with E-state index in [9.17, 15) is 10.2 Å². The van der Waals surface area contributed by atoms with Crippen LogP contribution in [-0.2, 0) is 4.74 Å². The van der Waals surface area contributed by atoms with Crippen molar-refractivity contribution in [3.8, 4) is 11.5 Å². The maximum atomic E-state index is 9.80. The van der Waals surface area contributed by atoms with Crippen LogP contribution in [0.1, 0.15) is 12.5 Å². The van der Waals surface area contributed by atoms with E-state index < -0.39 is 0 Å². The molecule has 2 rings (SSSR count). The molecule has 0 amide bonds. The molecule has 0 unspecified atom stereocenters. The zero-order valence-corrected chi connectivity index (χ0v) is 12.1. The third kappa shape index (κ3) is 3.58. The molecule has 1 aliphatic rings. The highest BCUT2D eigenvalue weighted by Crippen LogP contribution is 2.29. The van der Waals surface area contributed by atoms with E-state index in [0.717, 1.165) is 5.17 Å². The minimum Gasteiger partial charge on any atom is -0.508 e. The third-order valence-electron chi connectivity index (χ3n) is 2.61. The Labute approximate surface area is 121 Å². The molecule has 0 saturated carbocycles. The first-order valence-corrected chi connectivity index (χ1v) is 6.96. The van der Waals surface area contributed by atoms with E-state index in [1.165, 1.54) is 23.9 Å². The van der Waals surface area contributed by atoms with Gasteiger partial charge in [0.15, 0.2) is 5.17 Å². The number of nitrogens with one attached hydrogen (secondary N) is 2. The van der Waals surface area contributed by atoms with Gasteiger partial charge in [0, 0.05) is 24.1 Å². The molecule has 7 heteroatoms. The van der Waals surface area contributed by atoms with Gasteiger partial charge >= 0.3 is 0 Å². The smallest absolute Gasteiger partial charge is 0.180 e. The van der Waals surface area contributed by atoms with Crippen LogP contribution in [0.4, 0.5) is 0 Å². The summed E-state index contributed by atoms with van der Waals surface area (Å²) in [6, 6.07) is 4.52. The lowest BCUT2D eigenvalue weighted by Crippen LogP contribution is -2.37. The number of thioether (sulfide) groups is 1. The Morgan fingerprint density at radius 2 is 2.15 bits per heavy atom. The van der Waals surface area contributed by atoms with E-state index in [2.05, 4.69) is 15.8 Å². The van der Waals surface area contributed by atoms with Crippen LogP contribution < -0.4 is 10.9 Å². The zero-order valence-electron chi connectivity index (χ0n) is 11.3. The van der Waals surface area contributed by atoms with Crippen LogP contribution in [0, 0.1) is 0 Å². The molecule has 1 aliphatic heterocycles. The fourth-order valence-corrected chi connectivity index (χ4v) is 2.48. The molecule has 4 N–H and O–H groups in total. The van der Waals surface area contributed by atoms with Crippen molar-refractivity contribution in [2.24, 2.45) is 4.99 Å². The van der Waals surface area contributed by atoms with Crippen molar-refractivity contribution in [3.05, 3.63) is 29.2 Å². The molecule has 0 radical (unpaired) electrons. The summed E-state index contributed by atoms with van der Waals surface area (Å²) < 4.78 is 5.03. The van der Waals surface area contributed by atoms with Crippen molar-refractivity contribution in [1.82, 2.24) is 10.9 Å². The summed E-state index contributed by atoms with van der Waals surface area (Å²) in [6.45, 7) is 2.52. The second-order valence-corrected chi connectivity index (χ2v) is 5.20. The van der Waals surface area contributed by atoms with Crippen LogP contribution in [0.3, 0.4) is 0 Å². The van der Waals surface area contributed by atoms with Gasteiger partial charge in [0.2, 0.25) is 0 Å². The van der Waals surface area contributed by atoms with Crippen LogP contribution in [0.25, 0.3) is 5.70 Å². The van der Waals surface area contributed by atoms with Gasteiger partial charge in [0.25, 0.3) is 0 Å². The van der Waals surface area contributed by atoms with Crippen molar-refractivity contribution >= 4 is 22.6 Å². The van der Waals surface area contributed by atoms with E-state index >= 15 is 0 Å². The molecular weight excluding hydrogens is 278 g/mol. The van der Waals surface area contributed by atoms with Gasteiger partial charge in [-0.25, -0.2) is 0 Å². The number of hydrogen-bond acceptors (Lipinski definition) is 6. The number of hydrazine groups is 1. The van der Waals surface area contributed by atoms with Crippen LogP contribution >= 0.6 is 11.8 Å². The van der Waals surface area contributed by atoms with Crippen LogP contribution in [-0.4, -0.2) is 35.1 Å². The maximum Gasteiger partial charge on any atom is 0.180 e. The lowest BCUT2D eigenvalue weighted by molar-refractivity contribution is 0.186. The third-order valence-corrected chi connectivity index (χ3v) is 3.39. The highest BCUT2D eigenvalue weighted by molar-refractivity contribution is 8.16. The van der Waals surface area contributed by atoms with Crippen LogP contribution in [0.5, 0.6) is 11.5 Å². The normalized spacial score (nSPS) is 18.1. The summed E-state index contributed by atoms with van der Waals surface area (Å²) in [5.74, 6) is 0.0400. The number of phenols is 2. The van der Waals surface area contributed by atoms with Crippen molar-refractivity contribution in [3.63, 3.8) is 0 Å². The predicted molar refractivity (Wildman–Crippen MR) is 80.4 cm³/mol. The summed E-state index contributed by atoms with van der Waals surface area (Å²) in [6.07, 6.45) is 0. The van der Waals surface area contributed by atoms with Gasteiger partial charge < -0.3 is 14.9 Å². The number of aromatic hydroxyl groups is 2. The highest BCUT2D eigenvalue weighted by Gasteiger charge is 2.14. The first kappa shape index (κ1) is 14.5. The SMILES string of the molecule is COC[C@H](C)N=C1NNC(c2ccc(O)cc2O)=CS1. The monoisotopic (exact) mass is 295 g/mol. The Bertz CT molecular complexity index is 546. The lowest BCUT2D eigenvalue weighted by atomic mass is 10.1. The van der Waals surface area contributed by atoms with Gasteiger partial charge in [0.05, 0.1) is 18.3 Å². The molecule has 0 fully saturated rings. The minimum absolute atomic E-state index is 0.0132. The number of benzene rings is 1. The molecule has 0 spiro atoms. The molecule has 1 heterocycles. The van der Waals surface area contributed by atoms with Gasteiger partial charge in [-0.2, -0.15) is 0 Å². The molecule has 20 heavy (non-hydrogen) atoms. The van der Waals surface area contributed by atoms with Gasteiger partial charge in [-0.05, 0) is 19.1 Å². The van der Waals surface area contributed by atoms with Crippen LogP contribution in [0.2, 0.25) is 0 Å². The van der Waals surface area contributed by atoms with Crippen molar-refractivity contribution in [2.75, 3.05) is 13.7 Å². The van der Waals surface area contributed by atoms with Crippen LogP contribution in [0.15, 0.2) is 28.6 Å². The van der Waals surface area contributed by atoms with E-state index in [1.54, 1.807) is 13.2 Å². The first-order valence-electron chi connectivity index (χ1n) is 6.08. The van der Waals surface area contributed by atoms with Gasteiger partial charge in [0.1, 0.15) is 11.5 Å². The van der Waals surface area contributed by atoms with Crippen molar-refractivity contribution in [1.29, 1.82) is 0 Å². The first-order chi connectivity index (χ1) is 9.60. The molecular formula is C13H17N3O3S. The number of ether oxygens (including phenoxy) is 1. The average Bonchev–Trinajstić information content (AvgIpc) is 2.40. The Balaban J connectivity index is 2.09. The molecule has 1 atom stereocenters. The molecule has 0 aliphatic carbocycles. The standard InChI is InChI=1S/C13H17N3O3S/c1-8(6-19-2)14-13-16-15-11(7-20-13)10-4-3-9(17)5-12(10)18/h3-5,7-8,15,17-18H,6H2,1-2H3,(H,14,16)/t8-/m0/s1. The minimum atomic E-state index is 0.0132. The van der Waals surface area contributed by atoms with E-state index in [4.69, 9.17) is 4.74 Å². The number of aliphatic imine (C=N–C) groups is 1. The number of hydrogen-bond donors (Lipinski definition) is 4. The second-order valence-electron chi connectivity index (χ2n) is 4.34. The Hall–Kier alpha value is -1.86. The van der Waals surface area contributed by atoms with Crippen molar-refractivity contribution in [2.45, 2.75) is 13.0 Å². The molecule has 1 aromatic carbocycles. The Kier molecular flexibility index (Phi) is 4.75. The predicted octanol–water partition coefficient (Wildman–Crippen LogP) is 1.63. The van der Waals surface area contributed by atoms with E-state index in [0.29, 0.717) is 17.9 Å². The number of amidine groups is 1. The molecule has 1 aromatic rings. The summed E-state index contributed by atoms with van der Waals surface area (Å²) >= 11 is 1.42. The topological polar surface area (TPSA) is 86.1 Å². The summed E-state index contributed by atoms with van der Waals surface area (Å²) in [5, 5.41) is 21.7. The van der Waals surface area contributed by atoms with E-state index in [-0.39, 0.29) is 17.5 Å². The highest BCUT2D eigenvalue weighted by atomic mass is 32.2. The fourth-order valence-electron chi connectivity index (χ4n) is 1.71. The second kappa shape index (κ2) is 6.53. The molecule has 6 nitrogen and oxygen atoms in total. The maximum absolute atomic E-state index is 9.80. The quantitative estimate of drug-likeness (QED) is 0.675. The number of methoxy groups -OCH3 is 1. The molecule has 0 saturated heterocycles.